The number of methoxy groups -OCH3 is 3. The Morgan fingerprint density at radius 3 is 1.99 bits per heavy atom. The molecule has 1 aliphatic heterocycles. The summed E-state index contributed by atoms with van der Waals surface area (Å²) in [6.07, 6.45) is 3.00. The molecule has 2 heterocycles. The van der Waals surface area contributed by atoms with Crippen molar-refractivity contribution in [2.24, 2.45) is 5.11 Å². The van der Waals surface area contributed by atoms with E-state index in [4.69, 9.17) is 24.0 Å². The molecular weight excluding hydrogens is 901 g/mol. The van der Waals surface area contributed by atoms with Gasteiger partial charge in [-0.3, -0.25) is 0 Å². The van der Waals surface area contributed by atoms with Crippen LogP contribution >= 0.6 is 0 Å². The van der Waals surface area contributed by atoms with Crippen LogP contribution in [0.15, 0.2) is 106 Å². The summed E-state index contributed by atoms with van der Waals surface area (Å²) in [5, 5.41) is 17.4. The van der Waals surface area contributed by atoms with Gasteiger partial charge in [-0.05, 0) is 127 Å². The molecule has 21 heteroatoms. The summed E-state index contributed by atoms with van der Waals surface area (Å²) >= 11 is 0. The van der Waals surface area contributed by atoms with Crippen LogP contribution in [0.25, 0.3) is 27.4 Å². The smallest absolute Gasteiger partial charge is 0.410 e. The highest BCUT2D eigenvalue weighted by molar-refractivity contribution is 7.92. The summed E-state index contributed by atoms with van der Waals surface area (Å²) in [6, 6.07) is 22.5. The van der Waals surface area contributed by atoms with Crippen molar-refractivity contribution in [3.63, 3.8) is 0 Å². The second kappa shape index (κ2) is 20.6. The number of amides is 1. The molecule has 0 spiro atoms. The minimum atomic E-state index is -4.91. The number of hydrogen-bond donors (Lipinski definition) is 1. The zero-order valence-electron chi connectivity index (χ0n) is 38.2. The molecule has 0 unspecified atom stereocenters. The number of hydrogen-bond acceptors (Lipinski definition) is 13. The Kier molecular flexibility index (Phi) is 14.9. The first kappa shape index (κ1) is 48.4. The van der Waals surface area contributed by atoms with Crippen LogP contribution < -0.4 is 18.9 Å². The summed E-state index contributed by atoms with van der Waals surface area (Å²) in [6.45, 7) is 5.15. The van der Waals surface area contributed by atoms with Crippen molar-refractivity contribution >= 4 is 31.7 Å². The highest BCUT2D eigenvalue weighted by Crippen LogP contribution is 2.42. The number of rotatable bonds is 17. The second-order valence-electron chi connectivity index (χ2n) is 17.2. The first-order chi connectivity index (χ1) is 32.0. The van der Waals surface area contributed by atoms with Crippen LogP contribution in [0.5, 0.6) is 17.2 Å². The lowest BCUT2D eigenvalue weighted by Gasteiger charge is -2.27. The van der Waals surface area contributed by atoms with E-state index >= 15 is 16.8 Å². The molecule has 4 aromatic carbocycles. The van der Waals surface area contributed by atoms with Crippen LogP contribution in [-0.2, 0) is 44.4 Å². The second-order valence-corrected chi connectivity index (χ2v) is 20.7. The molecule has 1 saturated heterocycles. The van der Waals surface area contributed by atoms with E-state index in [-0.39, 0.29) is 50.5 Å². The quantitative estimate of drug-likeness (QED) is 0.0548. The van der Waals surface area contributed by atoms with Gasteiger partial charge in [0.25, 0.3) is 0 Å². The Hall–Kier alpha value is -6.51. The molecule has 5 aromatic rings. The molecule has 67 heavy (non-hydrogen) atoms. The van der Waals surface area contributed by atoms with Crippen molar-refractivity contribution in [2.45, 2.75) is 93.6 Å². The monoisotopic (exact) mass is 954 g/mol. The summed E-state index contributed by atoms with van der Waals surface area (Å²) in [5.41, 5.74) is 11.4. The van der Waals surface area contributed by atoms with Crippen molar-refractivity contribution in [3.8, 4) is 28.6 Å². The molecule has 19 nitrogen and oxygen atoms in total. The standard InChI is InChI=1S/C46H54N10O9S2/c1-46(2,3)65-45(57)54-25-24-36(30-54)51-66(58,59)41-23-22-40(34-8-7-9-35(26-34)48-52-47)42(44-49-53-56(50-44)29-33-14-20-39(64-6)21-15-33)43(41)67(60,61)55(27-31-10-16-37(62-4)17-11-31)28-32-12-18-38(63-5)19-13-32/h10-23,26,35-36,51H,7-9,24-25,27-30H2,1-6H3/t35-,36-/m1/s1. The first-order valence-electron chi connectivity index (χ1n) is 21.6. The van der Waals surface area contributed by atoms with Gasteiger partial charge in [-0.25, -0.2) is 26.4 Å². The number of aromatic nitrogens is 4. The van der Waals surface area contributed by atoms with E-state index in [1.54, 1.807) is 94.6 Å². The highest BCUT2D eigenvalue weighted by Gasteiger charge is 2.40. The summed E-state index contributed by atoms with van der Waals surface area (Å²) < 4.78 is 87.8. The molecule has 1 amide bonds. The van der Waals surface area contributed by atoms with Gasteiger partial charge in [0.15, 0.2) is 0 Å². The van der Waals surface area contributed by atoms with E-state index in [1.807, 2.05) is 12.1 Å². The lowest BCUT2D eigenvalue weighted by Crippen LogP contribution is -2.41. The third-order valence-electron chi connectivity index (χ3n) is 11.3. The average molecular weight is 955 g/mol. The number of nitrogens with one attached hydrogen (secondary N) is 1. The zero-order chi connectivity index (χ0) is 47.9. The Morgan fingerprint density at radius 1 is 0.851 bits per heavy atom. The number of carbonyl (C=O) groups excluding carboxylic acids is 1. The van der Waals surface area contributed by atoms with Crippen LogP contribution in [0.3, 0.4) is 0 Å². The van der Waals surface area contributed by atoms with Crippen molar-refractivity contribution in [3.05, 3.63) is 124 Å². The predicted molar refractivity (Wildman–Crippen MR) is 249 cm³/mol. The fourth-order valence-electron chi connectivity index (χ4n) is 7.96. The number of ether oxygens (including phenoxy) is 4. The maximum atomic E-state index is 16.1. The maximum Gasteiger partial charge on any atom is 0.410 e. The van der Waals surface area contributed by atoms with Crippen LogP contribution in [0.2, 0.25) is 0 Å². The summed E-state index contributed by atoms with van der Waals surface area (Å²) in [7, 11) is -5.03. The number of azide groups is 1. The molecular formula is C46H54N10O9S2. The molecule has 0 bridgehead atoms. The van der Waals surface area contributed by atoms with Gasteiger partial charge in [-0.2, -0.15) is 9.10 Å². The van der Waals surface area contributed by atoms with E-state index in [0.29, 0.717) is 58.8 Å². The lowest BCUT2D eigenvalue weighted by molar-refractivity contribution is 0.0292. The minimum Gasteiger partial charge on any atom is -0.497 e. The molecule has 2 aliphatic rings. The number of nitrogens with zero attached hydrogens (tertiary/aromatic N) is 9. The Morgan fingerprint density at radius 2 is 1.43 bits per heavy atom. The van der Waals surface area contributed by atoms with Crippen molar-refractivity contribution in [2.75, 3.05) is 34.4 Å². The van der Waals surface area contributed by atoms with E-state index < -0.39 is 53.6 Å². The largest absolute Gasteiger partial charge is 0.497 e. The Balaban J connectivity index is 1.44. The van der Waals surface area contributed by atoms with Gasteiger partial charge in [0, 0.05) is 37.1 Å². The van der Waals surface area contributed by atoms with Crippen LogP contribution in [-0.4, -0.2) is 104 Å². The van der Waals surface area contributed by atoms with E-state index in [2.05, 4.69) is 25.1 Å². The van der Waals surface area contributed by atoms with E-state index in [0.717, 1.165) is 5.56 Å². The van der Waals surface area contributed by atoms with Crippen LogP contribution in [0.1, 0.15) is 68.7 Å². The molecule has 7 rings (SSSR count). The maximum absolute atomic E-state index is 16.1. The van der Waals surface area contributed by atoms with Gasteiger partial charge in [0.05, 0.1) is 39.5 Å². The number of allylic oxidation sites excluding steroid dienone is 1. The topological polar surface area (TPSA) is 233 Å². The first-order valence-corrected chi connectivity index (χ1v) is 24.5. The summed E-state index contributed by atoms with van der Waals surface area (Å²) in [4.78, 5) is 17.6. The number of tetrazole rings is 1. The number of sulfonamides is 2. The van der Waals surface area contributed by atoms with Gasteiger partial charge in [0.1, 0.15) is 32.6 Å². The molecule has 0 radical (unpaired) electrons. The van der Waals surface area contributed by atoms with Crippen LogP contribution in [0.4, 0.5) is 4.79 Å². The SMILES string of the molecule is COc1ccc(CN(Cc2ccc(OC)cc2)S(=O)(=O)c2c(S(=O)(=O)N[C@@H]3CCN(C(=O)OC(C)(C)C)C3)ccc(C3=C[C@H](N=[N+]=[N-])CCC3)c2-c2nnn(Cc3ccc(OC)cc3)n2)cc1. The summed E-state index contributed by atoms with van der Waals surface area (Å²) in [5.74, 6) is 1.61. The van der Waals surface area contributed by atoms with Gasteiger partial charge in [0.2, 0.25) is 25.9 Å². The predicted octanol–water partition coefficient (Wildman–Crippen LogP) is 7.34. The van der Waals surface area contributed by atoms with Gasteiger partial charge in [-0.1, -0.05) is 53.7 Å². The third kappa shape index (κ3) is 11.7. The Labute approximate surface area is 390 Å². The molecule has 1 aromatic heterocycles. The normalized spacial score (nSPS) is 16.6. The highest BCUT2D eigenvalue weighted by atomic mass is 32.2. The van der Waals surface area contributed by atoms with Crippen molar-refractivity contribution in [1.29, 1.82) is 0 Å². The zero-order valence-corrected chi connectivity index (χ0v) is 39.8. The lowest BCUT2D eigenvalue weighted by atomic mass is 9.88. The van der Waals surface area contributed by atoms with Gasteiger partial charge >= 0.3 is 6.09 Å². The fraction of sp³-hybridized carbons (Fsp3) is 0.391. The molecule has 1 fully saturated rings. The third-order valence-corrected chi connectivity index (χ3v) is 14.8. The minimum absolute atomic E-state index is 0.0167. The number of benzene rings is 4. The Bertz CT molecular complexity index is 2810. The molecule has 0 saturated carbocycles. The van der Waals surface area contributed by atoms with Gasteiger partial charge < -0.3 is 23.8 Å². The van der Waals surface area contributed by atoms with Crippen molar-refractivity contribution < 1.29 is 40.6 Å². The molecule has 2 atom stereocenters. The van der Waals surface area contributed by atoms with Gasteiger partial charge in [-0.15, -0.1) is 10.2 Å². The van der Waals surface area contributed by atoms with E-state index in [1.165, 1.54) is 40.4 Å². The molecule has 1 aliphatic carbocycles. The number of carbonyl (C=O) groups is 1. The van der Waals surface area contributed by atoms with Crippen LogP contribution in [0, 0.1) is 0 Å². The van der Waals surface area contributed by atoms with E-state index in [9.17, 15) is 10.3 Å². The molecule has 354 valence electrons. The molecule has 1 N–H and O–H groups in total. The average Bonchev–Trinajstić information content (AvgIpc) is 3.98. The fourth-order valence-corrected chi connectivity index (χ4v) is 11.6. The van der Waals surface area contributed by atoms with Crippen molar-refractivity contribution in [1.82, 2.24) is 34.1 Å². The number of likely N-dealkylation sites (tertiary alicyclic amines) is 1.